The second-order valence-corrected chi connectivity index (χ2v) is 3.83. The number of ether oxygens (including phenoxy) is 2. The van der Waals surface area contributed by atoms with Crippen LogP contribution in [0.25, 0.3) is 0 Å². The van der Waals surface area contributed by atoms with Crippen LogP contribution in [0.2, 0.25) is 0 Å². The molecular weight excluding hydrogens is 248 g/mol. The Labute approximate surface area is 110 Å². The van der Waals surface area contributed by atoms with Gasteiger partial charge < -0.3 is 14.6 Å². The fraction of sp³-hybridized carbons (Fsp3) is 0.143. The van der Waals surface area contributed by atoms with Crippen molar-refractivity contribution in [3.8, 4) is 5.75 Å². The van der Waals surface area contributed by atoms with Crippen LogP contribution >= 0.6 is 0 Å². The zero-order valence-corrected chi connectivity index (χ0v) is 10.5. The zero-order valence-electron chi connectivity index (χ0n) is 10.5. The lowest BCUT2D eigenvalue weighted by Crippen LogP contribution is -2.12. The van der Waals surface area contributed by atoms with Gasteiger partial charge in [-0.1, -0.05) is 13.2 Å². The average molecular weight is 262 g/mol. The Morgan fingerprint density at radius 2 is 1.79 bits per heavy atom. The van der Waals surface area contributed by atoms with E-state index in [-0.39, 0.29) is 29.3 Å². The predicted octanol–water partition coefficient (Wildman–Crippen LogP) is 2.18. The molecule has 1 rings (SSSR count). The number of hydrogen-bond acceptors (Lipinski definition) is 5. The van der Waals surface area contributed by atoms with Crippen molar-refractivity contribution in [2.75, 3.05) is 6.61 Å². The van der Waals surface area contributed by atoms with Crippen LogP contribution in [0.3, 0.4) is 0 Å². The van der Waals surface area contributed by atoms with Crippen molar-refractivity contribution >= 4 is 11.9 Å². The Kier molecular flexibility index (Phi) is 4.88. The highest BCUT2D eigenvalue weighted by Gasteiger charge is 2.11. The van der Waals surface area contributed by atoms with Crippen molar-refractivity contribution in [1.29, 1.82) is 0 Å². The van der Waals surface area contributed by atoms with Crippen LogP contribution in [0.1, 0.15) is 17.3 Å². The molecular formula is C14H14O5. The molecule has 5 nitrogen and oxygen atoms in total. The molecule has 0 amide bonds. The third-order valence-electron chi connectivity index (χ3n) is 2.05. The monoisotopic (exact) mass is 262 g/mol. The summed E-state index contributed by atoms with van der Waals surface area (Å²) in [5, 5.41) is 9.08. The van der Waals surface area contributed by atoms with Gasteiger partial charge in [-0.05, 0) is 31.2 Å². The third-order valence-corrected chi connectivity index (χ3v) is 2.05. The minimum atomic E-state index is -0.642. The Morgan fingerprint density at radius 3 is 2.32 bits per heavy atom. The second kappa shape index (κ2) is 6.39. The van der Waals surface area contributed by atoms with Crippen molar-refractivity contribution < 1.29 is 24.2 Å². The molecule has 1 aromatic carbocycles. The average Bonchev–Trinajstić information content (AvgIpc) is 2.36. The van der Waals surface area contributed by atoms with E-state index in [1.807, 2.05) is 0 Å². The summed E-state index contributed by atoms with van der Waals surface area (Å²) in [5.74, 6) is -1.17. The molecule has 0 unspecified atom stereocenters. The summed E-state index contributed by atoms with van der Waals surface area (Å²) in [7, 11) is 0. The van der Waals surface area contributed by atoms with Crippen molar-refractivity contribution in [3.05, 3.63) is 54.3 Å². The van der Waals surface area contributed by atoms with Gasteiger partial charge in [0.2, 0.25) is 0 Å². The van der Waals surface area contributed by atoms with E-state index in [1.54, 1.807) is 0 Å². The van der Waals surface area contributed by atoms with E-state index in [0.717, 1.165) is 0 Å². The van der Waals surface area contributed by atoms with Crippen LogP contribution < -0.4 is 0 Å². The second-order valence-electron chi connectivity index (χ2n) is 3.83. The number of carbonyl (C=O) groups is 2. The minimum Gasteiger partial charge on any atom is -0.508 e. The fourth-order valence-electron chi connectivity index (χ4n) is 1.09. The summed E-state index contributed by atoms with van der Waals surface area (Å²) in [6.45, 7) is 8.16. The van der Waals surface area contributed by atoms with E-state index in [2.05, 4.69) is 13.2 Å². The first-order chi connectivity index (χ1) is 8.90. The summed E-state index contributed by atoms with van der Waals surface area (Å²) >= 11 is 0. The highest BCUT2D eigenvalue weighted by molar-refractivity contribution is 5.90. The van der Waals surface area contributed by atoms with Crippen LogP contribution in [0.4, 0.5) is 0 Å². The Morgan fingerprint density at radius 1 is 1.21 bits per heavy atom. The van der Waals surface area contributed by atoms with Gasteiger partial charge in [0.1, 0.15) is 18.1 Å². The topological polar surface area (TPSA) is 72.8 Å². The maximum Gasteiger partial charge on any atom is 0.343 e. The number of benzene rings is 1. The molecule has 0 heterocycles. The number of carbonyl (C=O) groups excluding carboxylic acids is 2. The molecule has 100 valence electrons. The smallest absolute Gasteiger partial charge is 0.343 e. The molecule has 0 spiro atoms. The zero-order chi connectivity index (χ0) is 14.4. The number of aromatic hydroxyl groups is 1. The van der Waals surface area contributed by atoms with E-state index >= 15 is 0 Å². The standard InChI is InChI=1S/C14H14O5/c1-9(2)13(16)18-8-10(3)19-14(17)11-4-6-12(15)7-5-11/h4-7,15H,1,3,8H2,2H3. The molecule has 0 saturated carbocycles. The molecule has 0 saturated heterocycles. The molecule has 0 aliphatic heterocycles. The summed E-state index contributed by atoms with van der Waals surface area (Å²) in [6, 6.07) is 5.54. The number of phenols is 1. The molecule has 0 aromatic heterocycles. The van der Waals surface area contributed by atoms with E-state index in [1.165, 1.54) is 31.2 Å². The largest absolute Gasteiger partial charge is 0.508 e. The first kappa shape index (κ1) is 14.5. The van der Waals surface area contributed by atoms with Crippen molar-refractivity contribution in [3.63, 3.8) is 0 Å². The van der Waals surface area contributed by atoms with Crippen molar-refractivity contribution in [2.45, 2.75) is 6.92 Å². The molecule has 0 radical (unpaired) electrons. The number of esters is 2. The van der Waals surface area contributed by atoms with Gasteiger partial charge in [-0.3, -0.25) is 0 Å². The molecule has 5 heteroatoms. The van der Waals surface area contributed by atoms with Gasteiger partial charge in [0.25, 0.3) is 0 Å². The SMILES string of the molecule is C=C(COC(=O)C(=C)C)OC(=O)c1ccc(O)cc1. The fourth-order valence-corrected chi connectivity index (χ4v) is 1.09. The molecule has 0 bridgehead atoms. The van der Waals surface area contributed by atoms with Crippen LogP contribution in [-0.2, 0) is 14.3 Å². The Bertz CT molecular complexity index is 513. The maximum atomic E-state index is 11.6. The van der Waals surface area contributed by atoms with E-state index in [9.17, 15) is 9.59 Å². The van der Waals surface area contributed by atoms with E-state index in [4.69, 9.17) is 14.6 Å². The number of rotatable bonds is 5. The quantitative estimate of drug-likeness (QED) is 0.500. The lowest BCUT2D eigenvalue weighted by atomic mass is 10.2. The van der Waals surface area contributed by atoms with Gasteiger partial charge in [-0.2, -0.15) is 0 Å². The summed E-state index contributed by atoms with van der Waals surface area (Å²) in [5.41, 5.74) is 0.503. The predicted molar refractivity (Wildman–Crippen MR) is 68.4 cm³/mol. The first-order valence-electron chi connectivity index (χ1n) is 5.41. The van der Waals surface area contributed by atoms with Crippen LogP contribution in [0, 0.1) is 0 Å². The highest BCUT2D eigenvalue weighted by Crippen LogP contribution is 2.12. The van der Waals surface area contributed by atoms with Gasteiger partial charge in [-0.25, -0.2) is 9.59 Å². The Balaban J connectivity index is 2.48. The molecule has 1 N–H and O–H groups in total. The van der Waals surface area contributed by atoms with Gasteiger partial charge in [0.05, 0.1) is 5.56 Å². The lowest BCUT2D eigenvalue weighted by molar-refractivity contribution is -0.138. The normalized spacial score (nSPS) is 9.53. The molecule has 1 aromatic rings. The molecule has 0 fully saturated rings. The van der Waals surface area contributed by atoms with Crippen molar-refractivity contribution in [2.24, 2.45) is 0 Å². The molecule has 0 aliphatic carbocycles. The maximum absolute atomic E-state index is 11.6. The Hall–Kier alpha value is -2.56. The number of phenolic OH excluding ortho intramolecular Hbond substituents is 1. The highest BCUT2D eigenvalue weighted by atomic mass is 16.6. The van der Waals surface area contributed by atoms with Crippen LogP contribution in [0.15, 0.2) is 48.8 Å². The van der Waals surface area contributed by atoms with Crippen LogP contribution in [-0.4, -0.2) is 23.7 Å². The summed E-state index contributed by atoms with van der Waals surface area (Å²) in [6.07, 6.45) is 0. The number of hydrogen-bond donors (Lipinski definition) is 1. The molecule has 0 aliphatic rings. The van der Waals surface area contributed by atoms with E-state index in [0.29, 0.717) is 0 Å². The first-order valence-corrected chi connectivity index (χ1v) is 5.41. The summed E-state index contributed by atoms with van der Waals surface area (Å²) in [4.78, 5) is 22.7. The van der Waals surface area contributed by atoms with Crippen LogP contribution in [0.5, 0.6) is 5.75 Å². The van der Waals surface area contributed by atoms with Gasteiger partial charge >= 0.3 is 11.9 Å². The van der Waals surface area contributed by atoms with Gasteiger partial charge in [0, 0.05) is 5.57 Å². The van der Waals surface area contributed by atoms with E-state index < -0.39 is 11.9 Å². The minimum absolute atomic E-state index is 0.00711. The van der Waals surface area contributed by atoms with Crippen molar-refractivity contribution in [1.82, 2.24) is 0 Å². The van der Waals surface area contributed by atoms with Gasteiger partial charge in [0.15, 0.2) is 0 Å². The summed E-state index contributed by atoms with van der Waals surface area (Å²) < 4.78 is 9.65. The lowest BCUT2D eigenvalue weighted by Gasteiger charge is -2.08. The van der Waals surface area contributed by atoms with Gasteiger partial charge in [-0.15, -0.1) is 0 Å². The molecule has 0 atom stereocenters. The third kappa shape index (κ3) is 4.67. The molecule has 19 heavy (non-hydrogen) atoms.